The number of aromatic nitrogens is 2. The summed E-state index contributed by atoms with van der Waals surface area (Å²) in [5.41, 5.74) is 2.06. The van der Waals surface area contributed by atoms with Crippen LogP contribution in [-0.4, -0.2) is 21.3 Å². The number of anilines is 1. The number of halogens is 1. The molecular formula is C21H22ClN3O2. The predicted octanol–water partition coefficient (Wildman–Crippen LogP) is 4.19. The van der Waals surface area contributed by atoms with Crippen LogP contribution in [0.25, 0.3) is 5.69 Å². The summed E-state index contributed by atoms with van der Waals surface area (Å²) in [6.45, 7) is 5.62. The van der Waals surface area contributed by atoms with Gasteiger partial charge in [0.1, 0.15) is 5.69 Å². The summed E-state index contributed by atoms with van der Waals surface area (Å²) in [5, 5.41) is 0.482. The Morgan fingerprint density at radius 1 is 1.07 bits per heavy atom. The Morgan fingerprint density at radius 3 is 2.33 bits per heavy atom. The van der Waals surface area contributed by atoms with Crippen molar-refractivity contribution in [3.05, 3.63) is 81.2 Å². The van der Waals surface area contributed by atoms with Gasteiger partial charge in [0.15, 0.2) is 0 Å². The normalized spacial score (nSPS) is 11.0. The van der Waals surface area contributed by atoms with Crippen molar-refractivity contribution in [2.75, 3.05) is 4.90 Å². The number of carbonyl (C=O) groups is 1. The molecule has 2 aromatic carbocycles. The molecule has 0 N–H and O–H groups in total. The number of nitrogens with zero attached hydrogens (tertiary/aromatic N) is 3. The zero-order valence-electron chi connectivity index (χ0n) is 15.8. The number of amides is 1. The van der Waals surface area contributed by atoms with Crippen LogP contribution in [0.1, 0.15) is 29.9 Å². The third kappa shape index (κ3) is 3.43. The van der Waals surface area contributed by atoms with Crippen molar-refractivity contribution in [2.45, 2.75) is 26.8 Å². The van der Waals surface area contributed by atoms with Crippen LogP contribution in [0.15, 0.2) is 59.4 Å². The molecule has 0 fully saturated rings. The molecule has 140 valence electrons. The number of benzene rings is 2. The maximum atomic E-state index is 13.3. The van der Waals surface area contributed by atoms with Gasteiger partial charge in [-0.15, -0.1) is 0 Å². The van der Waals surface area contributed by atoms with E-state index < -0.39 is 0 Å². The Hall–Kier alpha value is -2.79. The quantitative estimate of drug-likeness (QED) is 0.678. The molecule has 0 bridgehead atoms. The molecule has 0 unspecified atom stereocenters. The minimum atomic E-state index is -0.251. The third-order valence-corrected chi connectivity index (χ3v) is 4.81. The minimum Gasteiger partial charge on any atom is -0.299 e. The Balaban J connectivity index is 2.18. The second kappa shape index (κ2) is 7.45. The lowest BCUT2D eigenvalue weighted by atomic mass is 10.1. The highest BCUT2D eigenvalue weighted by Gasteiger charge is 2.29. The second-order valence-electron chi connectivity index (χ2n) is 6.69. The van der Waals surface area contributed by atoms with Gasteiger partial charge in [0.05, 0.1) is 11.4 Å². The van der Waals surface area contributed by atoms with Gasteiger partial charge in [-0.3, -0.25) is 19.2 Å². The number of hydrogen-bond acceptors (Lipinski definition) is 2. The maximum Gasteiger partial charge on any atom is 0.295 e. The molecule has 0 aliphatic heterocycles. The number of para-hydroxylation sites is 1. The number of hydrogen-bond donors (Lipinski definition) is 0. The topological polar surface area (TPSA) is 47.2 Å². The summed E-state index contributed by atoms with van der Waals surface area (Å²) in [5.74, 6) is -0.251. The zero-order chi connectivity index (χ0) is 19.7. The first kappa shape index (κ1) is 19.0. The molecule has 0 saturated carbocycles. The summed E-state index contributed by atoms with van der Waals surface area (Å²) < 4.78 is 3.35. The van der Waals surface area contributed by atoms with Crippen molar-refractivity contribution in [1.29, 1.82) is 0 Å². The first-order chi connectivity index (χ1) is 12.8. The van der Waals surface area contributed by atoms with Crippen LogP contribution in [0.2, 0.25) is 5.02 Å². The van der Waals surface area contributed by atoms with Gasteiger partial charge in [-0.2, -0.15) is 0 Å². The van der Waals surface area contributed by atoms with Gasteiger partial charge in [-0.1, -0.05) is 35.9 Å². The molecule has 0 aliphatic carbocycles. The molecular weight excluding hydrogens is 362 g/mol. The molecule has 3 rings (SSSR count). The summed E-state index contributed by atoms with van der Waals surface area (Å²) in [7, 11) is 1.82. The minimum absolute atomic E-state index is 0.200. The lowest BCUT2D eigenvalue weighted by molar-refractivity contribution is 0.0980. The van der Waals surface area contributed by atoms with Crippen molar-refractivity contribution < 1.29 is 4.79 Å². The van der Waals surface area contributed by atoms with E-state index in [4.69, 9.17) is 11.6 Å². The largest absolute Gasteiger partial charge is 0.299 e. The van der Waals surface area contributed by atoms with E-state index >= 15 is 0 Å². The van der Waals surface area contributed by atoms with Gasteiger partial charge in [-0.05, 0) is 51.1 Å². The van der Waals surface area contributed by atoms with Gasteiger partial charge in [0.25, 0.3) is 11.5 Å². The fourth-order valence-electron chi connectivity index (χ4n) is 3.19. The Kier molecular flexibility index (Phi) is 5.24. The van der Waals surface area contributed by atoms with Gasteiger partial charge in [-0.25, -0.2) is 4.68 Å². The van der Waals surface area contributed by atoms with E-state index in [0.717, 1.165) is 5.69 Å². The monoisotopic (exact) mass is 383 g/mol. The molecule has 0 atom stereocenters. The van der Waals surface area contributed by atoms with Crippen LogP contribution in [0.5, 0.6) is 0 Å². The van der Waals surface area contributed by atoms with Crippen LogP contribution in [0.3, 0.4) is 0 Å². The molecule has 0 radical (unpaired) electrons. The highest BCUT2D eigenvalue weighted by atomic mass is 35.5. The first-order valence-electron chi connectivity index (χ1n) is 8.76. The SMILES string of the molecule is Cc1c(N(C(=O)c2cccc(Cl)c2)C(C)C)c(=O)n(-c2ccccc2)n1C. The fraction of sp³-hybridized carbons (Fsp3) is 0.238. The average Bonchev–Trinajstić information content (AvgIpc) is 2.86. The maximum absolute atomic E-state index is 13.3. The van der Waals surface area contributed by atoms with Gasteiger partial charge < -0.3 is 0 Å². The summed E-state index contributed by atoms with van der Waals surface area (Å²) in [6, 6.07) is 15.9. The summed E-state index contributed by atoms with van der Waals surface area (Å²) in [6.07, 6.45) is 0. The average molecular weight is 384 g/mol. The molecule has 1 amide bonds. The smallest absolute Gasteiger partial charge is 0.295 e. The number of carbonyl (C=O) groups excluding carboxylic acids is 1. The standard InChI is InChI=1S/C21H22ClN3O2/c1-14(2)24(20(26)16-9-8-10-17(22)13-16)19-15(3)23(4)25(21(19)27)18-11-6-5-7-12-18/h5-14H,1-4H3. The van der Waals surface area contributed by atoms with Gasteiger partial charge >= 0.3 is 0 Å². The van der Waals surface area contributed by atoms with E-state index in [0.29, 0.717) is 22.0 Å². The molecule has 5 nitrogen and oxygen atoms in total. The lowest BCUT2D eigenvalue weighted by Crippen LogP contribution is -2.40. The summed E-state index contributed by atoms with van der Waals surface area (Å²) >= 11 is 6.05. The number of rotatable bonds is 4. The molecule has 3 aromatic rings. The van der Waals surface area contributed by atoms with E-state index in [1.807, 2.05) is 58.2 Å². The van der Waals surface area contributed by atoms with Crippen LogP contribution in [-0.2, 0) is 7.05 Å². The molecule has 0 saturated heterocycles. The predicted molar refractivity (Wildman–Crippen MR) is 109 cm³/mol. The van der Waals surface area contributed by atoms with E-state index in [2.05, 4.69) is 0 Å². The van der Waals surface area contributed by atoms with Crippen LogP contribution < -0.4 is 10.5 Å². The molecule has 6 heteroatoms. The van der Waals surface area contributed by atoms with Crippen molar-refractivity contribution in [3.63, 3.8) is 0 Å². The van der Waals surface area contributed by atoms with Crippen molar-refractivity contribution in [1.82, 2.24) is 9.36 Å². The van der Waals surface area contributed by atoms with E-state index in [1.165, 1.54) is 0 Å². The fourth-order valence-corrected chi connectivity index (χ4v) is 3.38. The molecule has 1 aromatic heterocycles. The summed E-state index contributed by atoms with van der Waals surface area (Å²) in [4.78, 5) is 28.0. The first-order valence-corrected chi connectivity index (χ1v) is 9.14. The Labute approximate surface area is 163 Å². The van der Waals surface area contributed by atoms with Crippen LogP contribution in [0, 0.1) is 6.92 Å². The van der Waals surface area contributed by atoms with E-state index in [9.17, 15) is 9.59 Å². The highest BCUT2D eigenvalue weighted by molar-refractivity contribution is 6.31. The Bertz CT molecular complexity index is 1040. The lowest BCUT2D eigenvalue weighted by Gasteiger charge is -2.25. The molecule has 0 aliphatic rings. The van der Waals surface area contributed by atoms with Gasteiger partial charge in [0, 0.05) is 23.7 Å². The van der Waals surface area contributed by atoms with Gasteiger partial charge in [0.2, 0.25) is 0 Å². The van der Waals surface area contributed by atoms with Crippen LogP contribution >= 0.6 is 11.6 Å². The van der Waals surface area contributed by atoms with Crippen molar-refractivity contribution >= 4 is 23.2 Å². The Morgan fingerprint density at radius 2 is 1.74 bits per heavy atom. The molecule has 27 heavy (non-hydrogen) atoms. The van der Waals surface area contributed by atoms with Crippen molar-refractivity contribution in [2.24, 2.45) is 7.05 Å². The second-order valence-corrected chi connectivity index (χ2v) is 7.13. The van der Waals surface area contributed by atoms with E-state index in [1.54, 1.807) is 38.5 Å². The molecule has 0 spiro atoms. The van der Waals surface area contributed by atoms with Crippen LogP contribution in [0.4, 0.5) is 5.69 Å². The third-order valence-electron chi connectivity index (χ3n) is 4.57. The molecule has 1 heterocycles. The zero-order valence-corrected chi connectivity index (χ0v) is 16.6. The highest BCUT2D eigenvalue weighted by Crippen LogP contribution is 2.23. The van der Waals surface area contributed by atoms with E-state index in [-0.39, 0.29) is 17.5 Å². The van der Waals surface area contributed by atoms with Crippen molar-refractivity contribution in [3.8, 4) is 5.69 Å².